The summed E-state index contributed by atoms with van der Waals surface area (Å²) < 4.78 is 35.0. The van der Waals surface area contributed by atoms with E-state index >= 15 is 0 Å². The first kappa shape index (κ1) is 13.2. The molecule has 1 atom stereocenters. The van der Waals surface area contributed by atoms with Crippen LogP contribution in [0.3, 0.4) is 0 Å². The molecule has 0 saturated carbocycles. The summed E-state index contributed by atoms with van der Waals surface area (Å²) in [5, 5.41) is 1.59. The third kappa shape index (κ3) is 4.45. The van der Waals surface area contributed by atoms with Crippen LogP contribution in [0.1, 0.15) is 6.92 Å². The second-order valence-corrected chi connectivity index (χ2v) is 2.98. The first-order valence-corrected chi connectivity index (χ1v) is 4.26. The van der Waals surface area contributed by atoms with Gasteiger partial charge in [0.15, 0.2) is 5.78 Å². The van der Waals surface area contributed by atoms with Gasteiger partial charge >= 0.3 is 12.1 Å². The van der Waals surface area contributed by atoms with Gasteiger partial charge in [-0.25, -0.2) is 0 Å². The van der Waals surface area contributed by atoms with Crippen LogP contribution in [0.4, 0.5) is 13.2 Å². The number of alkyl halides is 4. The monoisotopic (exact) mass is 231 g/mol. The van der Waals surface area contributed by atoms with Gasteiger partial charge in [-0.15, -0.1) is 11.6 Å². The normalized spacial score (nSPS) is 13.5. The molecule has 0 bridgehead atoms. The van der Waals surface area contributed by atoms with E-state index in [-0.39, 0.29) is 12.4 Å². The van der Waals surface area contributed by atoms with Crippen molar-refractivity contribution in [1.82, 2.24) is 5.32 Å². The highest BCUT2D eigenvalue weighted by molar-refractivity contribution is 6.27. The van der Waals surface area contributed by atoms with E-state index in [0.29, 0.717) is 0 Å². The minimum atomic E-state index is -4.91. The van der Waals surface area contributed by atoms with Crippen LogP contribution in [0.15, 0.2) is 0 Å². The summed E-state index contributed by atoms with van der Waals surface area (Å²) >= 11 is 5.17. The summed E-state index contributed by atoms with van der Waals surface area (Å²) in [4.78, 5) is 21.1. The molecule has 0 aliphatic heterocycles. The van der Waals surface area contributed by atoms with Gasteiger partial charge in [-0.05, 0) is 0 Å². The van der Waals surface area contributed by atoms with Crippen LogP contribution in [-0.4, -0.2) is 30.3 Å². The Morgan fingerprint density at radius 3 is 2.29 bits per heavy atom. The van der Waals surface area contributed by atoms with Crippen LogP contribution >= 0.6 is 11.6 Å². The van der Waals surface area contributed by atoms with Gasteiger partial charge < -0.3 is 5.32 Å². The highest BCUT2D eigenvalue weighted by atomic mass is 35.5. The van der Waals surface area contributed by atoms with E-state index in [1.54, 1.807) is 5.32 Å². The molecule has 7 heteroatoms. The lowest BCUT2D eigenvalue weighted by Gasteiger charge is -2.11. The fourth-order valence-electron chi connectivity index (χ4n) is 0.592. The van der Waals surface area contributed by atoms with Crippen LogP contribution < -0.4 is 5.32 Å². The van der Waals surface area contributed by atoms with Crippen molar-refractivity contribution in [2.45, 2.75) is 13.1 Å². The number of nitrogens with one attached hydrogen (secondary N) is 1. The minimum absolute atomic E-state index is 0.275. The van der Waals surface area contributed by atoms with Gasteiger partial charge in [0.1, 0.15) is 0 Å². The molecule has 14 heavy (non-hydrogen) atoms. The van der Waals surface area contributed by atoms with Crippen molar-refractivity contribution in [1.29, 1.82) is 0 Å². The first-order chi connectivity index (χ1) is 6.29. The van der Waals surface area contributed by atoms with E-state index in [1.165, 1.54) is 6.92 Å². The zero-order valence-electron chi connectivity index (χ0n) is 7.32. The number of amides is 1. The molecular formula is C7H9ClF3NO2. The molecule has 0 aromatic heterocycles. The van der Waals surface area contributed by atoms with E-state index in [9.17, 15) is 22.8 Å². The maximum atomic E-state index is 11.7. The summed E-state index contributed by atoms with van der Waals surface area (Å²) in [5.41, 5.74) is 0. The zero-order chi connectivity index (χ0) is 11.4. The SMILES string of the molecule is CC(CNC(=O)C(F)(F)F)C(=O)CCl. The molecule has 0 aromatic carbocycles. The van der Waals surface area contributed by atoms with E-state index in [2.05, 4.69) is 0 Å². The molecule has 0 radical (unpaired) electrons. The molecule has 0 saturated heterocycles. The average Bonchev–Trinajstić information content (AvgIpc) is 2.10. The topological polar surface area (TPSA) is 46.2 Å². The highest BCUT2D eigenvalue weighted by Gasteiger charge is 2.38. The third-order valence-electron chi connectivity index (χ3n) is 1.51. The van der Waals surface area contributed by atoms with Crippen LogP contribution in [0.2, 0.25) is 0 Å². The fourth-order valence-corrected chi connectivity index (χ4v) is 0.855. The van der Waals surface area contributed by atoms with E-state index in [1.807, 2.05) is 0 Å². The molecule has 0 spiro atoms. The Labute approximate surface area is 83.6 Å². The van der Waals surface area contributed by atoms with Gasteiger partial charge in [0.2, 0.25) is 0 Å². The Morgan fingerprint density at radius 2 is 1.93 bits per heavy atom. The van der Waals surface area contributed by atoms with Crippen LogP contribution in [0.25, 0.3) is 0 Å². The highest BCUT2D eigenvalue weighted by Crippen LogP contribution is 2.14. The fraction of sp³-hybridized carbons (Fsp3) is 0.714. The Kier molecular flexibility index (Phi) is 4.90. The molecule has 3 nitrogen and oxygen atoms in total. The molecule has 1 amide bonds. The van der Waals surface area contributed by atoms with Crippen molar-refractivity contribution in [3.8, 4) is 0 Å². The summed E-state index contributed by atoms with van der Waals surface area (Å²) in [6, 6.07) is 0. The Bertz CT molecular complexity index is 229. The Morgan fingerprint density at radius 1 is 1.43 bits per heavy atom. The lowest BCUT2D eigenvalue weighted by atomic mass is 10.1. The largest absolute Gasteiger partial charge is 0.471 e. The third-order valence-corrected chi connectivity index (χ3v) is 1.77. The lowest BCUT2D eigenvalue weighted by Crippen LogP contribution is -2.40. The Balaban J connectivity index is 3.96. The van der Waals surface area contributed by atoms with Gasteiger partial charge in [0.25, 0.3) is 0 Å². The molecule has 1 unspecified atom stereocenters. The van der Waals surface area contributed by atoms with Crippen molar-refractivity contribution in [3.05, 3.63) is 0 Å². The maximum Gasteiger partial charge on any atom is 0.471 e. The molecule has 0 aliphatic rings. The van der Waals surface area contributed by atoms with Crippen molar-refractivity contribution < 1.29 is 22.8 Å². The predicted octanol–water partition coefficient (Wildman–Crippen LogP) is 1.11. The number of hydrogen-bond acceptors (Lipinski definition) is 2. The number of rotatable bonds is 4. The number of hydrogen-bond donors (Lipinski definition) is 1. The summed E-state index contributed by atoms with van der Waals surface area (Å²) in [7, 11) is 0. The molecule has 0 aromatic rings. The molecular weight excluding hydrogens is 223 g/mol. The van der Waals surface area contributed by atoms with Crippen LogP contribution in [0.5, 0.6) is 0 Å². The number of carbonyl (C=O) groups is 2. The molecule has 82 valence electrons. The number of Topliss-reactive ketones (excluding diaryl/α,β-unsaturated/α-hetero) is 1. The zero-order valence-corrected chi connectivity index (χ0v) is 8.08. The molecule has 0 heterocycles. The van der Waals surface area contributed by atoms with Crippen LogP contribution in [0, 0.1) is 5.92 Å². The average molecular weight is 232 g/mol. The summed E-state index contributed by atoms with van der Waals surface area (Å²) in [6.07, 6.45) is -4.91. The molecule has 0 aliphatic carbocycles. The van der Waals surface area contributed by atoms with E-state index in [0.717, 1.165) is 0 Å². The van der Waals surface area contributed by atoms with Gasteiger partial charge in [-0.1, -0.05) is 6.92 Å². The first-order valence-electron chi connectivity index (χ1n) is 3.72. The van der Waals surface area contributed by atoms with Crippen LogP contribution in [-0.2, 0) is 9.59 Å². The quantitative estimate of drug-likeness (QED) is 0.737. The summed E-state index contributed by atoms with van der Waals surface area (Å²) in [6.45, 7) is 1.03. The predicted molar refractivity (Wildman–Crippen MR) is 44.0 cm³/mol. The maximum absolute atomic E-state index is 11.7. The molecule has 1 N–H and O–H groups in total. The number of ketones is 1. The van der Waals surface area contributed by atoms with Crippen molar-refractivity contribution >= 4 is 23.3 Å². The van der Waals surface area contributed by atoms with Gasteiger partial charge in [0.05, 0.1) is 5.88 Å². The van der Waals surface area contributed by atoms with Gasteiger partial charge in [-0.3, -0.25) is 9.59 Å². The second kappa shape index (κ2) is 5.19. The molecule has 0 rings (SSSR count). The lowest BCUT2D eigenvalue weighted by molar-refractivity contribution is -0.173. The standard InChI is InChI=1S/C7H9ClF3NO2/c1-4(5(13)2-8)3-12-6(14)7(9,10)11/h4H,2-3H2,1H3,(H,12,14). The molecule has 0 fully saturated rings. The van der Waals surface area contributed by atoms with E-state index < -0.39 is 23.8 Å². The summed E-state index contributed by atoms with van der Waals surface area (Å²) in [5.74, 6) is -3.44. The van der Waals surface area contributed by atoms with Gasteiger partial charge in [0, 0.05) is 12.5 Å². The van der Waals surface area contributed by atoms with Crippen molar-refractivity contribution in [2.75, 3.05) is 12.4 Å². The van der Waals surface area contributed by atoms with Crippen molar-refractivity contribution in [2.24, 2.45) is 5.92 Å². The van der Waals surface area contributed by atoms with Gasteiger partial charge in [-0.2, -0.15) is 13.2 Å². The van der Waals surface area contributed by atoms with Crippen molar-refractivity contribution in [3.63, 3.8) is 0 Å². The smallest absolute Gasteiger partial charge is 0.348 e. The number of carbonyl (C=O) groups excluding carboxylic acids is 2. The Hall–Kier alpha value is -0.780. The minimum Gasteiger partial charge on any atom is -0.348 e. The second-order valence-electron chi connectivity index (χ2n) is 2.71. The van der Waals surface area contributed by atoms with E-state index in [4.69, 9.17) is 11.6 Å². The number of halogens is 4.